The Hall–Kier alpha value is -1.06. The molecule has 0 saturated carbocycles. The van der Waals surface area contributed by atoms with Crippen LogP contribution in [-0.2, 0) is 5.60 Å². The lowest BCUT2D eigenvalue weighted by Gasteiger charge is -2.22. The van der Waals surface area contributed by atoms with Crippen LogP contribution in [0, 0.1) is 0 Å². The standard InChI is InChI=1S/C11H17NO2/c1-11(14,8-13)9-4-6-10(7-5-9)12(2)3/h4-7,13-14H,8H2,1-3H3. The van der Waals surface area contributed by atoms with Gasteiger partial charge in [-0.25, -0.2) is 0 Å². The SMILES string of the molecule is CN(C)c1ccc(C(C)(O)CO)cc1. The Labute approximate surface area is 84.6 Å². The minimum absolute atomic E-state index is 0.270. The van der Waals surface area contributed by atoms with Gasteiger partial charge in [0.2, 0.25) is 0 Å². The summed E-state index contributed by atoms with van der Waals surface area (Å²) in [6, 6.07) is 7.48. The lowest BCUT2D eigenvalue weighted by molar-refractivity contribution is -0.00227. The molecule has 1 rings (SSSR count). The van der Waals surface area contributed by atoms with E-state index >= 15 is 0 Å². The van der Waals surface area contributed by atoms with E-state index in [4.69, 9.17) is 5.11 Å². The molecule has 0 aliphatic rings. The summed E-state index contributed by atoms with van der Waals surface area (Å²) in [5.74, 6) is 0. The molecular formula is C11H17NO2. The van der Waals surface area contributed by atoms with E-state index in [1.807, 2.05) is 43.3 Å². The molecule has 3 nitrogen and oxygen atoms in total. The summed E-state index contributed by atoms with van der Waals surface area (Å²) < 4.78 is 0. The average molecular weight is 195 g/mol. The Kier molecular flexibility index (Phi) is 3.13. The second kappa shape index (κ2) is 3.98. The maximum Gasteiger partial charge on any atom is 0.110 e. The molecule has 1 aromatic carbocycles. The number of nitrogens with zero attached hydrogens (tertiary/aromatic N) is 1. The Balaban J connectivity index is 2.94. The van der Waals surface area contributed by atoms with Crippen LogP contribution in [0.2, 0.25) is 0 Å². The first-order valence-corrected chi connectivity index (χ1v) is 4.58. The first-order chi connectivity index (χ1) is 6.47. The Morgan fingerprint density at radius 2 is 1.71 bits per heavy atom. The molecule has 14 heavy (non-hydrogen) atoms. The summed E-state index contributed by atoms with van der Waals surface area (Å²) in [4.78, 5) is 1.98. The molecule has 1 unspecified atom stereocenters. The molecule has 0 aliphatic heterocycles. The third kappa shape index (κ3) is 2.25. The zero-order valence-corrected chi connectivity index (χ0v) is 8.86. The summed E-state index contributed by atoms with van der Waals surface area (Å²) in [5.41, 5.74) is 0.651. The first-order valence-electron chi connectivity index (χ1n) is 4.58. The van der Waals surface area contributed by atoms with Crippen molar-refractivity contribution in [2.24, 2.45) is 0 Å². The van der Waals surface area contributed by atoms with Crippen molar-refractivity contribution in [2.75, 3.05) is 25.6 Å². The number of benzene rings is 1. The van der Waals surface area contributed by atoms with E-state index in [0.29, 0.717) is 0 Å². The normalized spacial score (nSPS) is 14.9. The zero-order chi connectivity index (χ0) is 10.8. The van der Waals surface area contributed by atoms with Crippen LogP contribution in [0.1, 0.15) is 12.5 Å². The Bertz CT molecular complexity index is 291. The van der Waals surface area contributed by atoms with Crippen LogP contribution in [0.3, 0.4) is 0 Å². The first kappa shape index (κ1) is 11.0. The van der Waals surface area contributed by atoms with E-state index < -0.39 is 5.60 Å². The quantitative estimate of drug-likeness (QED) is 0.754. The lowest BCUT2D eigenvalue weighted by Crippen LogP contribution is -2.25. The van der Waals surface area contributed by atoms with Crippen LogP contribution in [0.5, 0.6) is 0 Å². The van der Waals surface area contributed by atoms with Crippen LogP contribution < -0.4 is 4.90 Å². The fourth-order valence-electron chi connectivity index (χ4n) is 1.21. The van der Waals surface area contributed by atoms with Gasteiger partial charge in [0.05, 0.1) is 6.61 Å². The van der Waals surface area contributed by atoms with E-state index in [9.17, 15) is 5.11 Å². The van der Waals surface area contributed by atoms with Crippen molar-refractivity contribution in [3.05, 3.63) is 29.8 Å². The van der Waals surface area contributed by atoms with Gasteiger partial charge in [0.25, 0.3) is 0 Å². The van der Waals surface area contributed by atoms with Gasteiger partial charge in [-0.1, -0.05) is 12.1 Å². The van der Waals surface area contributed by atoms with Crippen molar-refractivity contribution in [3.63, 3.8) is 0 Å². The highest BCUT2D eigenvalue weighted by atomic mass is 16.3. The van der Waals surface area contributed by atoms with Crippen molar-refractivity contribution in [3.8, 4) is 0 Å². The number of rotatable bonds is 3. The van der Waals surface area contributed by atoms with Crippen LogP contribution in [0.4, 0.5) is 5.69 Å². The van der Waals surface area contributed by atoms with Crippen molar-refractivity contribution in [1.29, 1.82) is 0 Å². The van der Waals surface area contributed by atoms with E-state index in [1.165, 1.54) is 0 Å². The maximum atomic E-state index is 9.76. The number of hydrogen-bond acceptors (Lipinski definition) is 3. The summed E-state index contributed by atoms with van der Waals surface area (Å²) in [7, 11) is 3.92. The highest BCUT2D eigenvalue weighted by Gasteiger charge is 2.21. The smallest absolute Gasteiger partial charge is 0.110 e. The van der Waals surface area contributed by atoms with Gasteiger partial charge in [0, 0.05) is 19.8 Å². The minimum atomic E-state index is -1.15. The van der Waals surface area contributed by atoms with Crippen LogP contribution in [0.25, 0.3) is 0 Å². The second-order valence-corrected chi connectivity index (χ2v) is 3.87. The van der Waals surface area contributed by atoms with E-state index in [0.717, 1.165) is 11.3 Å². The predicted octanol–water partition coefficient (Wildman–Crippen LogP) is 0.952. The highest BCUT2D eigenvalue weighted by molar-refractivity contribution is 5.46. The number of hydrogen-bond donors (Lipinski definition) is 2. The predicted molar refractivity (Wildman–Crippen MR) is 57.4 cm³/mol. The zero-order valence-electron chi connectivity index (χ0n) is 8.86. The van der Waals surface area contributed by atoms with Crippen molar-refractivity contribution < 1.29 is 10.2 Å². The Morgan fingerprint density at radius 3 is 2.07 bits per heavy atom. The summed E-state index contributed by atoms with van der Waals surface area (Å²) in [5, 5.41) is 18.7. The topological polar surface area (TPSA) is 43.7 Å². The summed E-state index contributed by atoms with van der Waals surface area (Å²) >= 11 is 0. The number of anilines is 1. The molecule has 0 radical (unpaired) electrons. The second-order valence-electron chi connectivity index (χ2n) is 3.87. The largest absolute Gasteiger partial charge is 0.393 e. The molecule has 78 valence electrons. The van der Waals surface area contributed by atoms with Gasteiger partial charge in [-0.2, -0.15) is 0 Å². The summed E-state index contributed by atoms with van der Waals surface area (Å²) in [6.45, 7) is 1.33. The Morgan fingerprint density at radius 1 is 1.21 bits per heavy atom. The van der Waals surface area contributed by atoms with Gasteiger partial charge in [0.1, 0.15) is 5.60 Å². The van der Waals surface area contributed by atoms with E-state index in [-0.39, 0.29) is 6.61 Å². The fraction of sp³-hybridized carbons (Fsp3) is 0.455. The van der Waals surface area contributed by atoms with E-state index in [1.54, 1.807) is 6.92 Å². The molecule has 0 bridgehead atoms. The minimum Gasteiger partial charge on any atom is -0.393 e. The van der Waals surface area contributed by atoms with Crippen molar-refractivity contribution in [1.82, 2.24) is 0 Å². The van der Waals surface area contributed by atoms with Gasteiger partial charge in [0.15, 0.2) is 0 Å². The molecule has 1 aromatic rings. The molecule has 0 aliphatic carbocycles. The number of aliphatic hydroxyl groups is 2. The third-order valence-corrected chi connectivity index (χ3v) is 2.31. The highest BCUT2D eigenvalue weighted by Crippen LogP contribution is 2.22. The van der Waals surface area contributed by atoms with Gasteiger partial charge < -0.3 is 15.1 Å². The fourth-order valence-corrected chi connectivity index (χ4v) is 1.21. The molecule has 0 fully saturated rings. The molecule has 0 amide bonds. The summed E-state index contributed by atoms with van der Waals surface area (Å²) in [6.07, 6.45) is 0. The molecule has 2 N–H and O–H groups in total. The van der Waals surface area contributed by atoms with Crippen LogP contribution >= 0.6 is 0 Å². The molecule has 3 heteroatoms. The molecule has 0 heterocycles. The number of aliphatic hydroxyl groups excluding tert-OH is 1. The van der Waals surface area contributed by atoms with Crippen LogP contribution in [-0.4, -0.2) is 30.9 Å². The van der Waals surface area contributed by atoms with Gasteiger partial charge in [-0.15, -0.1) is 0 Å². The van der Waals surface area contributed by atoms with Crippen molar-refractivity contribution in [2.45, 2.75) is 12.5 Å². The van der Waals surface area contributed by atoms with E-state index in [2.05, 4.69) is 0 Å². The molecule has 1 atom stereocenters. The average Bonchev–Trinajstić information content (AvgIpc) is 2.18. The maximum absolute atomic E-state index is 9.76. The van der Waals surface area contributed by atoms with Gasteiger partial charge in [-0.3, -0.25) is 0 Å². The third-order valence-electron chi connectivity index (χ3n) is 2.31. The van der Waals surface area contributed by atoms with Gasteiger partial charge in [-0.05, 0) is 24.6 Å². The molecular weight excluding hydrogens is 178 g/mol. The lowest BCUT2D eigenvalue weighted by atomic mass is 9.97. The molecule has 0 aromatic heterocycles. The monoisotopic (exact) mass is 195 g/mol. The van der Waals surface area contributed by atoms with Crippen molar-refractivity contribution >= 4 is 5.69 Å². The van der Waals surface area contributed by atoms with Gasteiger partial charge >= 0.3 is 0 Å². The van der Waals surface area contributed by atoms with Crippen LogP contribution in [0.15, 0.2) is 24.3 Å². The molecule has 0 spiro atoms. The molecule has 0 saturated heterocycles.